The lowest BCUT2D eigenvalue weighted by Crippen LogP contribution is -2.09. The van der Waals surface area contributed by atoms with Crippen molar-refractivity contribution in [3.63, 3.8) is 0 Å². The topological polar surface area (TPSA) is 81.9 Å². The van der Waals surface area contributed by atoms with E-state index in [-0.39, 0.29) is 5.91 Å². The summed E-state index contributed by atoms with van der Waals surface area (Å²) in [5.74, 6) is 2.36. The zero-order valence-electron chi connectivity index (χ0n) is 14.4. The van der Waals surface area contributed by atoms with Gasteiger partial charge < -0.3 is 10.1 Å². The van der Waals surface area contributed by atoms with Gasteiger partial charge in [-0.05, 0) is 48.7 Å². The van der Waals surface area contributed by atoms with Crippen LogP contribution in [0.5, 0.6) is 11.6 Å². The summed E-state index contributed by atoms with van der Waals surface area (Å²) in [5.41, 5.74) is 0.692. The monoisotopic (exact) mass is 377 g/mol. The lowest BCUT2D eigenvalue weighted by Gasteiger charge is -2.08. The Kier molecular flexibility index (Phi) is 4.63. The van der Waals surface area contributed by atoms with Crippen molar-refractivity contribution in [2.75, 3.05) is 5.32 Å². The van der Waals surface area contributed by atoms with E-state index in [0.29, 0.717) is 28.0 Å². The highest BCUT2D eigenvalue weighted by Crippen LogP contribution is 2.22. The van der Waals surface area contributed by atoms with E-state index in [0.717, 1.165) is 5.82 Å². The third-order valence-electron chi connectivity index (χ3n) is 3.78. The van der Waals surface area contributed by atoms with E-state index in [1.165, 1.54) is 11.3 Å². The maximum absolute atomic E-state index is 12.0. The third kappa shape index (κ3) is 3.85. The Morgan fingerprint density at radius 2 is 1.96 bits per heavy atom. The Morgan fingerprint density at radius 1 is 1.11 bits per heavy atom. The number of aryl methyl sites for hydroxylation is 1. The second-order valence-corrected chi connectivity index (χ2v) is 6.58. The number of ether oxygens (including phenoxy) is 1. The van der Waals surface area contributed by atoms with E-state index in [2.05, 4.69) is 20.5 Å². The van der Waals surface area contributed by atoms with Gasteiger partial charge in [0.2, 0.25) is 5.88 Å². The normalized spacial score (nSPS) is 10.6. The molecule has 1 N–H and O–H groups in total. The first-order valence-corrected chi connectivity index (χ1v) is 9.04. The van der Waals surface area contributed by atoms with Gasteiger partial charge in [-0.2, -0.15) is 0 Å². The molecule has 0 aliphatic heterocycles. The van der Waals surface area contributed by atoms with Crippen molar-refractivity contribution in [3.8, 4) is 17.4 Å². The Balaban J connectivity index is 1.41. The van der Waals surface area contributed by atoms with E-state index in [9.17, 15) is 4.79 Å². The van der Waals surface area contributed by atoms with Gasteiger partial charge in [-0.1, -0.05) is 6.07 Å². The average Bonchev–Trinajstić information content (AvgIpc) is 3.36. The fraction of sp³-hybridized carbons (Fsp3) is 0.0526. The van der Waals surface area contributed by atoms with Crippen molar-refractivity contribution in [2.24, 2.45) is 0 Å². The third-order valence-corrected chi connectivity index (χ3v) is 4.65. The first kappa shape index (κ1) is 16.9. The molecule has 134 valence electrons. The summed E-state index contributed by atoms with van der Waals surface area (Å²) in [7, 11) is 0. The molecule has 4 aromatic rings. The van der Waals surface area contributed by atoms with Crippen LogP contribution in [0.3, 0.4) is 0 Å². The number of thiophene rings is 1. The highest BCUT2D eigenvalue weighted by Gasteiger charge is 2.08. The molecule has 7 nitrogen and oxygen atoms in total. The van der Waals surface area contributed by atoms with Crippen molar-refractivity contribution in [1.29, 1.82) is 0 Å². The molecule has 3 aromatic heterocycles. The second kappa shape index (κ2) is 7.38. The van der Waals surface area contributed by atoms with Crippen LogP contribution in [-0.2, 0) is 0 Å². The molecule has 27 heavy (non-hydrogen) atoms. The molecule has 1 amide bonds. The average molecular weight is 377 g/mol. The van der Waals surface area contributed by atoms with Crippen molar-refractivity contribution in [2.45, 2.75) is 6.92 Å². The number of carbonyl (C=O) groups is 1. The molecule has 0 fully saturated rings. The van der Waals surface area contributed by atoms with Crippen LogP contribution in [0.25, 0.3) is 5.82 Å². The number of imidazole rings is 1. The molecular formula is C19H15N5O2S. The zero-order valence-corrected chi connectivity index (χ0v) is 15.2. The number of hydrogen-bond donors (Lipinski definition) is 1. The molecule has 0 saturated heterocycles. The van der Waals surface area contributed by atoms with E-state index < -0.39 is 0 Å². The van der Waals surface area contributed by atoms with Crippen LogP contribution in [0.15, 0.2) is 66.3 Å². The standard InChI is InChI=1S/C19H15N5O2S/c1-13-20-10-11-24(13)17-8-9-18(23-22-17)26-15-6-4-14(5-7-15)21-19(25)16-3-2-12-27-16/h2-12H,1H3,(H,21,25). The number of nitrogens with zero attached hydrogens (tertiary/aromatic N) is 4. The molecule has 8 heteroatoms. The van der Waals surface area contributed by atoms with E-state index in [1.807, 2.05) is 35.2 Å². The van der Waals surface area contributed by atoms with Crippen LogP contribution in [0, 0.1) is 6.92 Å². The van der Waals surface area contributed by atoms with Gasteiger partial charge in [-0.25, -0.2) is 4.98 Å². The summed E-state index contributed by atoms with van der Waals surface area (Å²) in [4.78, 5) is 16.9. The summed E-state index contributed by atoms with van der Waals surface area (Å²) in [5, 5.41) is 13.0. The summed E-state index contributed by atoms with van der Waals surface area (Å²) in [6.45, 7) is 1.89. The van der Waals surface area contributed by atoms with Crippen molar-refractivity contribution < 1.29 is 9.53 Å². The van der Waals surface area contributed by atoms with Gasteiger partial charge in [0.15, 0.2) is 5.82 Å². The van der Waals surface area contributed by atoms with Gasteiger partial charge in [0.1, 0.15) is 11.6 Å². The van der Waals surface area contributed by atoms with Gasteiger partial charge in [0, 0.05) is 24.1 Å². The lowest BCUT2D eigenvalue weighted by molar-refractivity contribution is 0.103. The van der Waals surface area contributed by atoms with Gasteiger partial charge in [0.25, 0.3) is 5.91 Å². The summed E-state index contributed by atoms with van der Waals surface area (Å²) in [6.07, 6.45) is 3.53. The molecule has 0 radical (unpaired) electrons. The van der Waals surface area contributed by atoms with Crippen molar-refractivity contribution >= 4 is 22.9 Å². The Morgan fingerprint density at radius 3 is 2.59 bits per heavy atom. The number of rotatable bonds is 5. The number of aromatic nitrogens is 4. The molecule has 0 aliphatic carbocycles. The Hall–Kier alpha value is -3.52. The lowest BCUT2D eigenvalue weighted by atomic mass is 10.3. The fourth-order valence-corrected chi connectivity index (χ4v) is 3.06. The van der Waals surface area contributed by atoms with Crippen LogP contribution < -0.4 is 10.1 Å². The van der Waals surface area contributed by atoms with Crippen molar-refractivity contribution in [3.05, 3.63) is 77.0 Å². The number of carbonyl (C=O) groups excluding carboxylic acids is 1. The quantitative estimate of drug-likeness (QED) is 0.567. The minimum absolute atomic E-state index is 0.130. The van der Waals surface area contributed by atoms with E-state index in [4.69, 9.17) is 4.74 Å². The predicted molar refractivity (Wildman–Crippen MR) is 103 cm³/mol. The number of anilines is 1. The molecule has 0 bridgehead atoms. The van der Waals surface area contributed by atoms with Gasteiger partial charge in [0.05, 0.1) is 4.88 Å². The van der Waals surface area contributed by atoms with Crippen LogP contribution >= 0.6 is 11.3 Å². The maximum atomic E-state index is 12.0. The first-order chi connectivity index (χ1) is 13.2. The minimum Gasteiger partial charge on any atom is -0.438 e. The van der Waals surface area contributed by atoms with Crippen LogP contribution in [0.4, 0.5) is 5.69 Å². The zero-order chi connectivity index (χ0) is 18.6. The second-order valence-electron chi connectivity index (χ2n) is 5.63. The van der Waals surface area contributed by atoms with Crippen molar-refractivity contribution in [1.82, 2.24) is 19.7 Å². The Bertz CT molecular complexity index is 1040. The number of benzene rings is 1. The molecule has 3 heterocycles. The van der Waals surface area contributed by atoms with Crippen LogP contribution in [-0.4, -0.2) is 25.7 Å². The van der Waals surface area contributed by atoms with Gasteiger partial charge in [-0.15, -0.1) is 21.5 Å². The van der Waals surface area contributed by atoms with E-state index in [1.54, 1.807) is 42.6 Å². The van der Waals surface area contributed by atoms with Crippen LogP contribution in [0.2, 0.25) is 0 Å². The number of amides is 1. The SMILES string of the molecule is Cc1nccn1-c1ccc(Oc2ccc(NC(=O)c3cccs3)cc2)nn1. The molecular weight excluding hydrogens is 362 g/mol. The highest BCUT2D eigenvalue weighted by atomic mass is 32.1. The predicted octanol–water partition coefficient (Wildman–Crippen LogP) is 4.08. The highest BCUT2D eigenvalue weighted by molar-refractivity contribution is 7.12. The molecule has 0 spiro atoms. The molecule has 4 rings (SSSR count). The number of hydrogen-bond acceptors (Lipinski definition) is 6. The molecule has 0 saturated carbocycles. The molecule has 0 unspecified atom stereocenters. The minimum atomic E-state index is -0.130. The number of nitrogens with one attached hydrogen (secondary N) is 1. The fourth-order valence-electron chi connectivity index (χ4n) is 2.44. The summed E-state index contributed by atoms with van der Waals surface area (Å²) in [6, 6.07) is 14.3. The van der Waals surface area contributed by atoms with Gasteiger partial charge >= 0.3 is 0 Å². The molecule has 1 aromatic carbocycles. The van der Waals surface area contributed by atoms with Crippen LogP contribution in [0.1, 0.15) is 15.5 Å². The summed E-state index contributed by atoms with van der Waals surface area (Å²) < 4.78 is 7.54. The Labute approximate surface area is 159 Å². The molecule has 0 atom stereocenters. The maximum Gasteiger partial charge on any atom is 0.265 e. The largest absolute Gasteiger partial charge is 0.438 e. The first-order valence-electron chi connectivity index (χ1n) is 8.16. The van der Waals surface area contributed by atoms with E-state index >= 15 is 0 Å². The van der Waals surface area contributed by atoms with Gasteiger partial charge in [-0.3, -0.25) is 9.36 Å². The molecule has 0 aliphatic rings. The summed E-state index contributed by atoms with van der Waals surface area (Å²) >= 11 is 1.40. The smallest absolute Gasteiger partial charge is 0.265 e.